The van der Waals surface area contributed by atoms with Crippen LogP contribution in [0.25, 0.3) is 5.69 Å². The second kappa shape index (κ2) is 4.56. The Morgan fingerprint density at radius 3 is 3.07 bits per heavy atom. The molecule has 2 aromatic heterocycles. The van der Waals surface area contributed by atoms with E-state index in [2.05, 4.69) is 37.9 Å². The Morgan fingerprint density at radius 2 is 2.40 bits per heavy atom. The zero-order valence-corrected chi connectivity index (χ0v) is 10.2. The predicted molar refractivity (Wildman–Crippen MR) is 63.0 cm³/mol. The predicted octanol–water partition coefficient (Wildman–Crippen LogP) is 1.67. The van der Waals surface area contributed by atoms with Gasteiger partial charge in [-0.15, -0.1) is 5.10 Å². The number of aromatic nitrogens is 4. The first-order valence-electron chi connectivity index (χ1n) is 4.46. The largest absolute Gasteiger partial charge is 0.477 e. The molecule has 0 atom stereocenters. The van der Waals surface area contributed by atoms with E-state index in [9.17, 15) is 0 Å². The standard InChI is InChI=1S/C9H9IN4O/c1-2-15-9-5-7(6-11-12-9)14-4-3-8(10)13-14/h3-6H,2H2,1H3. The van der Waals surface area contributed by atoms with Gasteiger partial charge in [-0.1, -0.05) is 0 Å². The van der Waals surface area contributed by atoms with Gasteiger partial charge in [-0.05, 0) is 35.6 Å². The highest BCUT2D eigenvalue weighted by Gasteiger charge is 2.02. The van der Waals surface area contributed by atoms with Crippen molar-refractivity contribution >= 4 is 22.6 Å². The van der Waals surface area contributed by atoms with Crippen molar-refractivity contribution in [1.82, 2.24) is 20.0 Å². The minimum Gasteiger partial charge on any atom is -0.477 e. The van der Waals surface area contributed by atoms with E-state index in [4.69, 9.17) is 4.74 Å². The molecule has 0 fully saturated rings. The minimum atomic E-state index is 0.514. The molecule has 0 bridgehead atoms. The van der Waals surface area contributed by atoms with Crippen molar-refractivity contribution in [2.45, 2.75) is 6.92 Å². The first-order chi connectivity index (χ1) is 7.29. The summed E-state index contributed by atoms with van der Waals surface area (Å²) in [4.78, 5) is 0. The van der Waals surface area contributed by atoms with E-state index >= 15 is 0 Å². The van der Waals surface area contributed by atoms with Gasteiger partial charge in [0.1, 0.15) is 3.70 Å². The van der Waals surface area contributed by atoms with Gasteiger partial charge in [-0.2, -0.15) is 10.2 Å². The van der Waals surface area contributed by atoms with Crippen LogP contribution in [-0.4, -0.2) is 26.6 Å². The van der Waals surface area contributed by atoms with E-state index < -0.39 is 0 Å². The molecular formula is C9H9IN4O. The van der Waals surface area contributed by atoms with E-state index in [0.29, 0.717) is 12.5 Å². The number of ether oxygens (including phenoxy) is 1. The highest BCUT2D eigenvalue weighted by Crippen LogP contribution is 2.12. The maximum absolute atomic E-state index is 5.26. The number of nitrogens with zero attached hydrogens (tertiary/aromatic N) is 4. The van der Waals surface area contributed by atoms with Crippen molar-refractivity contribution in [2.75, 3.05) is 6.61 Å². The molecule has 0 unspecified atom stereocenters. The summed E-state index contributed by atoms with van der Waals surface area (Å²) in [5.41, 5.74) is 0.844. The fourth-order valence-electron chi connectivity index (χ4n) is 1.13. The molecule has 0 radical (unpaired) electrons. The lowest BCUT2D eigenvalue weighted by atomic mass is 10.4. The molecule has 0 saturated carbocycles. The third-order valence-corrected chi connectivity index (χ3v) is 2.31. The monoisotopic (exact) mass is 316 g/mol. The number of hydrogen-bond donors (Lipinski definition) is 0. The van der Waals surface area contributed by atoms with Crippen LogP contribution >= 0.6 is 22.6 Å². The second-order valence-electron chi connectivity index (χ2n) is 2.77. The summed E-state index contributed by atoms with van der Waals surface area (Å²) in [6, 6.07) is 3.72. The summed E-state index contributed by atoms with van der Waals surface area (Å²) in [5.74, 6) is 0.514. The van der Waals surface area contributed by atoms with Crippen molar-refractivity contribution in [3.05, 3.63) is 28.2 Å². The van der Waals surface area contributed by atoms with Gasteiger partial charge in [0.15, 0.2) is 0 Å². The van der Waals surface area contributed by atoms with Gasteiger partial charge < -0.3 is 4.74 Å². The van der Waals surface area contributed by atoms with Gasteiger partial charge >= 0.3 is 0 Å². The summed E-state index contributed by atoms with van der Waals surface area (Å²) in [6.45, 7) is 2.49. The first kappa shape index (κ1) is 10.3. The van der Waals surface area contributed by atoms with Crippen LogP contribution in [0.1, 0.15) is 6.92 Å². The Labute approximate surface area is 101 Å². The molecule has 0 aliphatic carbocycles. The Balaban J connectivity index is 2.32. The van der Waals surface area contributed by atoms with Gasteiger partial charge in [0.25, 0.3) is 0 Å². The van der Waals surface area contributed by atoms with Gasteiger partial charge in [-0.3, -0.25) is 0 Å². The Bertz CT molecular complexity index is 457. The fraction of sp³-hybridized carbons (Fsp3) is 0.222. The van der Waals surface area contributed by atoms with E-state index in [1.54, 1.807) is 16.9 Å². The topological polar surface area (TPSA) is 52.8 Å². The smallest absolute Gasteiger partial charge is 0.235 e. The zero-order valence-electron chi connectivity index (χ0n) is 8.09. The normalized spacial score (nSPS) is 10.3. The molecule has 2 aromatic rings. The molecule has 0 spiro atoms. The summed E-state index contributed by atoms with van der Waals surface area (Å²) in [7, 11) is 0. The third-order valence-electron chi connectivity index (χ3n) is 1.73. The molecule has 0 saturated heterocycles. The average molecular weight is 316 g/mol. The van der Waals surface area contributed by atoms with Crippen LogP contribution in [0.15, 0.2) is 24.5 Å². The summed E-state index contributed by atoms with van der Waals surface area (Å²) >= 11 is 2.15. The summed E-state index contributed by atoms with van der Waals surface area (Å²) < 4.78 is 7.93. The van der Waals surface area contributed by atoms with Crippen molar-refractivity contribution in [1.29, 1.82) is 0 Å². The van der Waals surface area contributed by atoms with Crippen LogP contribution in [0.4, 0.5) is 0 Å². The first-order valence-corrected chi connectivity index (χ1v) is 5.54. The molecule has 5 nitrogen and oxygen atoms in total. The molecule has 2 rings (SSSR count). The Kier molecular flexibility index (Phi) is 3.14. The van der Waals surface area contributed by atoms with E-state index in [-0.39, 0.29) is 0 Å². The SMILES string of the molecule is CCOc1cc(-n2ccc(I)n2)cnn1. The van der Waals surface area contributed by atoms with Gasteiger partial charge in [0.2, 0.25) is 5.88 Å². The quantitative estimate of drug-likeness (QED) is 0.808. The van der Waals surface area contributed by atoms with Crippen molar-refractivity contribution < 1.29 is 4.74 Å². The second-order valence-corrected chi connectivity index (χ2v) is 3.87. The fourth-order valence-corrected chi connectivity index (χ4v) is 1.52. The van der Waals surface area contributed by atoms with Crippen molar-refractivity contribution in [3.8, 4) is 11.6 Å². The van der Waals surface area contributed by atoms with Crippen molar-refractivity contribution in [3.63, 3.8) is 0 Å². The van der Waals surface area contributed by atoms with E-state index in [1.165, 1.54) is 0 Å². The van der Waals surface area contributed by atoms with Crippen LogP contribution in [-0.2, 0) is 0 Å². The molecule has 15 heavy (non-hydrogen) atoms. The highest BCUT2D eigenvalue weighted by atomic mass is 127. The van der Waals surface area contributed by atoms with Gasteiger partial charge in [0.05, 0.1) is 18.5 Å². The lowest BCUT2D eigenvalue weighted by Crippen LogP contribution is -2.00. The number of hydrogen-bond acceptors (Lipinski definition) is 4. The Hall–Kier alpha value is -1.18. The van der Waals surface area contributed by atoms with Crippen LogP contribution < -0.4 is 4.74 Å². The lowest BCUT2D eigenvalue weighted by molar-refractivity contribution is 0.322. The molecule has 6 heteroatoms. The van der Waals surface area contributed by atoms with Crippen LogP contribution in [0.5, 0.6) is 5.88 Å². The van der Waals surface area contributed by atoms with Crippen LogP contribution in [0.2, 0.25) is 0 Å². The lowest BCUT2D eigenvalue weighted by Gasteiger charge is -2.03. The maximum atomic E-state index is 5.26. The van der Waals surface area contributed by atoms with Crippen LogP contribution in [0.3, 0.4) is 0 Å². The van der Waals surface area contributed by atoms with Crippen LogP contribution in [0, 0.1) is 3.70 Å². The molecule has 0 N–H and O–H groups in total. The van der Waals surface area contributed by atoms with Gasteiger partial charge in [-0.25, -0.2) is 4.68 Å². The summed E-state index contributed by atoms with van der Waals surface area (Å²) in [5, 5.41) is 12.0. The molecule has 2 heterocycles. The highest BCUT2D eigenvalue weighted by molar-refractivity contribution is 14.1. The Morgan fingerprint density at radius 1 is 1.53 bits per heavy atom. The van der Waals surface area contributed by atoms with E-state index in [1.807, 2.05) is 19.2 Å². The molecule has 0 amide bonds. The maximum Gasteiger partial charge on any atom is 0.235 e. The van der Waals surface area contributed by atoms with Gasteiger partial charge in [0, 0.05) is 12.3 Å². The molecule has 0 aliphatic rings. The number of rotatable bonds is 3. The summed E-state index contributed by atoms with van der Waals surface area (Å²) in [6.07, 6.45) is 3.51. The zero-order chi connectivity index (χ0) is 10.7. The molecule has 0 aromatic carbocycles. The van der Waals surface area contributed by atoms with E-state index in [0.717, 1.165) is 9.39 Å². The molecule has 0 aliphatic heterocycles. The molecule has 78 valence electrons. The van der Waals surface area contributed by atoms with Crippen molar-refractivity contribution in [2.24, 2.45) is 0 Å². The molecular weight excluding hydrogens is 307 g/mol. The third kappa shape index (κ3) is 2.44. The average Bonchev–Trinajstić information content (AvgIpc) is 2.66. The minimum absolute atomic E-state index is 0.514. The number of halogens is 1.